The van der Waals surface area contributed by atoms with Crippen LogP contribution in [-0.2, 0) is 0 Å². The average molecular weight is 130 g/mol. The molecule has 48 valence electrons. The van der Waals surface area contributed by atoms with Crippen LogP contribution < -0.4 is 0 Å². The van der Waals surface area contributed by atoms with E-state index in [2.05, 4.69) is 25.3 Å². The molecule has 0 fully saturated rings. The molecule has 0 aliphatic rings. The molecule has 0 heterocycles. The third-order valence-corrected chi connectivity index (χ3v) is 1.53. The molecule has 0 nitrogen and oxygen atoms in total. The maximum absolute atomic E-state index is 2.25. The van der Waals surface area contributed by atoms with E-state index in [0.29, 0.717) is 0 Å². The summed E-state index contributed by atoms with van der Waals surface area (Å²) in [4.78, 5) is 0. The monoisotopic (exact) mass is 130 g/mol. The highest BCUT2D eigenvalue weighted by Crippen LogP contribution is 1.96. The minimum Gasteiger partial charge on any atom is -0.165 e. The van der Waals surface area contributed by atoms with Crippen LogP contribution in [0.15, 0.2) is 12.2 Å². The Bertz CT molecular complexity index is 57.4. The number of hydrogen-bond acceptors (Lipinski definition) is 1. The number of allylic oxidation sites excluding steroid dienone is 2. The standard InChI is InChI=1S/C7H14S/c1-3-4-5-6-7-8-2/h4-5H,3,6-7H2,1-2H3/b5-4+. The summed E-state index contributed by atoms with van der Waals surface area (Å²) in [5.74, 6) is 1.26. The van der Waals surface area contributed by atoms with E-state index in [9.17, 15) is 0 Å². The Morgan fingerprint density at radius 1 is 1.38 bits per heavy atom. The summed E-state index contributed by atoms with van der Waals surface area (Å²) in [6, 6.07) is 0. The topological polar surface area (TPSA) is 0 Å². The number of hydrogen-bond donors (Lipinski definition) is 0. The zero-order valence-electron chi connectivity index (χ0n) is 5.68. The largest absolute Gasteiger partial charge is 0.165 e. The number of rotatable bonds is 4. The average Bonchev–Trinajstić information content (AvgIpc) is 1.81. The van der Waals surface area contributed by atoms with Crippen molar-refractivity contribution in [2.75, 3.05) is 12.0 Å². The van der Waals surface area contributed by atoms with Crippen molar-refractivity contribution in [3.8, 4) is 0 Å². The van der Waals surface area contributed by atoms with Crippen LogP contribution in [-0.4, -0.2) is 12.0 Å². The van der Waals surface area contributed by atoms with Gasteiger partial charge in [0.25, 0.3) is 0 Å². The van der Waals surface area contributed by atoms with Gasteiger partial charge in [0.1, 0.15) is 0 Å². The lowest BCUT2D eigenvalue weighted by Crippen LogP contribution is -1.69. The lowest BCUT2D eigenvalue weighted by molar-refractivity contribution is 1.17. The first-order chi connectivity index (χ1) is 3.91. The van der Waals surface area contributed by atoms with E-state index < -0.39 is 0 Å². The van der Waals surface area contributed by atoms with Crippen LogP contribution in [0.25, 0.3) is 0 Å². The fourth-order valence-electron chi connectivity index (χ4n) is 0.470. The molecule has 0 aliphatic heterocycles. The molecule has 0 radical (unpaired) electrons. The fraction of sp³-hybridized carbons (Fsp3) is 0.714. The van der Waals surface area contributed by atoms with Crippen LogP contribution in [0, 0.1) is 0 Å². The molecule has 0 aromatic rings. The van der Waals surface area contributed by atoms with Crippen molar-refractivity contribution in [2.24, 2.45) is 0 Å². The van der Waals surface area contributed by atoms with Crippen LogP contribution in [0.5, 0.6) is 0 Å². The van der Waals surface area contributed by atoms with Crippen LogP contribution in [0.3, 0.4) is 0 Å². The SMILES string of the molecule is CC/C=C/CCSC. The van der Waals surface area contributed by atoms with E-state index >= 15 is 0 Å². The van der Waals surface area contributed by atoms with Gasteiger partial charge in [-0.3, -0.25) is 0 Å². The zero-order valence-corrected chi connectivity index (χ0v) is 6.50. The second-order valence-electron chi connectivity index (χ2n) is 1.66. The lowest BCUT2D eigenvalue weighted by atomic mass is 10.4. The molecule has 0 rings (SSSR count). The van der Waals surface area contributed by atoms with Crippen LogP contribution in [0.1, 0.15) is 19.8 Å². The van der Waals surface area contributed by atoms with Gasteiger partial charge in [0.2, 0.25) is 0 Å². The van der Waals surface area contributed by atoms with Gasteiger partial charge in [-0.25, -0.2) is 0 Å². The van der Waals surface area contributed by atoms with E-state index in [4.69, 9.17) is 0 Å². The third-order valence-electron chi connectivity index (χ3n) is 0.891. The van der Waals surface area contributed by atoms with E-state index in [0.717, 1.165) is 0 Å². The Morgan fingerprint density at radius 3 is 2.62 bits per heavy atom. The molecule has 0 saturated heterocycles. The first-order valence-electron chi connectivity index (χ1n) is 3.05. The van der Waals surface area contributed by atoms with Gasteiger partial charge in [-0.15, -0.1) is 0 Å². The van der Waals surface area contributed by atoms with Crippen molar-refractivity contribution in [1.29, 1.82) is 0 Å². The molecule has 0 N–H and O–H groups in total. The highest BCUT2D eigenvalue weighted by atomic mass is 32.2. The second-order valence-corrected chi connectivity index (χ2v) is 2.65. The summed E-state index contributed by atoms with van der Waals surface area (Å²) in [7, 11) is 0. The summed E-state index contributed by atoms with van der Waals surface area (Å²) in [5.41, 5.74) is 0. The molecular weight excluding hydrogens is 116 g/mol. The van der Waals surface area contributed by atoms with Gasteiger partial charge in [0.05, 0.1) is 0 Å². The Hall–Kier alpha value is 0.0900. The summed E-state index contributed by atoms with van der Waals surface area (Å²) in [6.45, 7) is 2.16. The normalized spacial score (nSPS) is 10.8. The summed E-state index contributed by atoms with van der Waals surface area (Å²) < 4.78 is 0. The quantitative estimate of drug-likeness (QED) is 0.416. The van der Waals surface area contributed by atoms with Crippen molar-refractivity contribution in [3.63, 3.8) is 0 Å². The maximum atomic E-state index is 2.25. The molecule has 0 atom stereocenters. The van der Waals surface area contributed by atoms with E-state index in [-0.39, 0.29) is 0 Å². The summed E-state index contributed by atoms with van der Waals surface area (Å²) in [6.07, 6.45) is 9.01. The fourth-order valence-corrected chi connectivity index (χ4v) is 0.842. The molecular formula is C7H14S. The van der Waals surface area contributed by atoms with Gasteiger partial charge in [0, 0.05) is 0 Å². The van der Waals surface area contributed by atoms with Crippen molar-refractivity contribution < 1.29 is 0 Å². The Balaban J connectivity index is 2.80. The first-order valence-corrected chi connectivity index (χ1v) is 4.45. The van der Waals surface area contributed by atoms with Crippen molar-refractivity contribution >= 4 is 11.8 Å². The van der Waals surface area contributed by atoms with Crippen LogP contribution >= 0.6 is 11.8 Å². The van der Waals surface area contributed by atoms with E-state index in [1.807, 2.05) is 11.8 Å². The number of thioether (sulfide) groups is 1. The van der Waals surface area contributed by atoms with Crippen LogP contribution in [0.4, 0.5) is 0 Å². The Kier molecular flexibility index (Phi) is 7.17. The molecule has 0 bridgehead atoms. The predicted octanol–water partition coefficient (Wildman–Crippen LogP) is 2.71. The second kappa shape index (κ2) is 7.09. The predicted molar refractivity (Wildman–Crippen MR) is 42.4 cm³/mol. The van der Waals surface area contributed by atoms with E-state index in [1.54, 1.807) is 0 Å². The Labute approximate surface area is 56.4 Å². The summed E-state index contributed by atoms with van der Waals surface area (Å²) >= 11 is 1.90. The molecule has 1 heteroatoms. The van der Waals surface area contributed by atoms with Crippen LogP contribution in [0.2, 0.25) is 0 Å². The molecule has 8 heavy (non-hydrogen) atoms. The van der Waals surface area contributed by atoms with Gasteiger partial charge in [0.15, 0.2) is 0 Å². The molecule has 0 amide bonds. The molecule has 0 aromatic carbocycles. The minimum atomic E-state index is 1.17. The van der Waals surface area contributed by atoms with Crippen molar-refractivity contribution in [3.05, 3.63) is 12.2 Å². The van der Waals surface area contributed by atoms with Gasteiger partial charge in [-0.2, -0.15) is 11.8 Å². The lowest BCUT2D eigenvalue weighted by Gasteiger charge is -1.85. The van der Waals surface area contributed by atoms with Gasteiger partial charge in [-0.1, -0.05) is 19.1 Å². The van der Waals surface area contributed by atoms with Gasteiger partial charge >= 0.3 is 0 Å². The zero-order chi connectivity index (χ0) is 6.24. The van der Waals surface area contributed by atoms with E-state index in [1.165, 1.54) is 18.6 Å². The molecule has 0 aliphatic carbocycles. The molecule has 0 aromatic heterocycles. The van der Waals surface area contributed by atoms with Crippen molar-refractivity contribution in [1.82, 2.24) is 0 Å². The molecule has 0 spiro atoms. The maximum Gasteiger partial charge on any atom is -0.00357 e. The van der Waals surface area contributed by atoms with Gasteiger partial charge in [-0.05, 0) is 24.9 Å². The first kappa shape index (κ1) is 8.09. The summed E-state index contributed by atoms with van der Waals surface area (Å²) in [5, 5.41) is 0. The highest BCUT2D eigenvalue weighted by molar-refractivity contribution is 7.98. The highest BCUT2D eigenvalue weighted by Gasteiger charge is 1.74. The Morgan fingerprint density at radius 2 is 2.12 bits per heavy atom. The van der Waals surface area contributed by atoms with Crippen molar-refractivity contribution in [2.45, 2.75) is 19.8 Å². The molecule has 0 saturated carbocycles. The molecule has 0 unspecified atom stereocenters. The smallest absolute Gasteiger partial charge is 0.00357 e. The third kappa shape index (κ3) is 6.09. The minimum absolute atomic E-state index is 1.17. The van der Waals surface area contributed by atoms with Gasteiger partial charge < -0.3 is 0 Å².